The zero-order chi connectivity index (χ0) is 13.9. The molecule has 3 rings (SSSR count). The number of nitrogens with zero attached hydrogens (tertiary/aromatic N) is 4. The van der Waals surface area contributed by atoms with Gasteiger partial charge in [-0.25, -0.2) is 9.48 Å². The molecule has 0 N–H and O–H groups in total. The molecule has 0 spiro atoms. The molecular weight excluding hydrogens is 276 g/mol. The van der Waals surface area contributed by atoms with Gasteiger partial charge in [-0.1, -0.05) is 6.07 Å². The maximum Gasteiger partial charge on any atom is 0.358 e. The molecule has 0 unspecified atom stereocenters. The highest BCUT2D eigenvalue weighted by atomic mass is 32.1. The van der Waals surface area contributed by atoms with Crippen LogP contribution in [0.15, 0.2) is 41.9 Å². The number of ether oxygens (including phenoxy) is 1. The van der Waals surface area contributed by atoms with Gasteiger partial charge in [0, 0.05) is 12.3 Å². The van der Waals surface area contributed by atoms with E-state index in [0.717, 1.165) is 10.6 Å². The molecule has 0 radical (unpaired) electrons. The largest absolute Gasteiger partial charge is 0.464 e. The minimum atomic E-state index is -0.481. The first-order valence-electron chi connectivity index (χ1n) is 5.80. The quantitative estimate of drug-likeness (QED) is 0.690. The first-order valence-corrected chi connectivity index (χ1v) is 6.68. The molecular formula is C13H10N4O2S. The summed E-state index contributed by atoms with van der Waals surface area (Å²) in [5.41, 5.74) is 1.02. The molecule has 0 aliphatic heterocycles. The zero-order valence-corrected chi connectivity index (χ0v) is 11.4. The summed E-state index contributed by atoms with van der Waals surface area (Å²) in [6, 6.07) is 9.12. The molecule has 0 saturated carbocycles. The maximum atomic E-state index is 11.6. The van der Waals surface area contributed by atoms with E-state index in [-0.39, 0.29) is 5.69 Å². The Morgan fingerprint density at radius 3 is 2.90 bits per heavy atom. The van der Waals surface area contributed by atoms with Gasteiger partial charge in [0.1, 0.15) is 0 Å². The Morgan fingerprint density at radius 1 is 1.35 bits per heavy atom. The molecule has 3 aromatic heterocycles. The van der Waals surface area contributed by atoms with Gasteiger partial charge in [0.2, 0.25) is 0 Å². The predicted molar refractivity (Wildman–Crippen MR) is 73.8 cm³/mol. The normalized spacial score (nSPS) is 10.4. The second-order valence-corrected chi connectivity index (χ2v) is 4.83. The van der Waals surface area contributed by atoms with Gasteiger partial charge in [0.25, 0.3) is 0 Å². The molecule has 20 heavy (non-hydrogen) atoms. The molecule has 0 amide bonds. The number of aromatic nitrogens is 4. The van der Waals surface area contributed by atoms with Crippen molar-refractivity contribution in [3.63, 3.8) is 0 Å². The van der Waals surface area contributed by atoms with E-state index in [9.17, 15) is 4.79 Å². The van der Waals surface area contributed by atoms with Crippen molar-refractivity contribution in [2.45, 2.75) is 0 Å². The zero-order valence-electron chi connectivity index (χ0n) is 10.6. The molecule has 7 heteroatoms. The molecule has 6 nitrogen and oxygen atoms in total. The Kier molecular flexibility index (Phi) is 3.26. The van der Waals surface area contributed by atoms with Gasteiger partial charge in [-0.15, -0.1) is 16.4 Å². The molecule has 0 atom stereocenters. The molecule has 100 valence electrons. The van der Waals surface area contributed by atoms with Crippen molar-refractivity contribution in [3.8, 4) is 16.4 Å². The van der Waals surface area contributed by atoms with E-state index in [0.29, 0.717) is 5.82 Å². The van der Waals surface area contributed by atoms with Crippen LogP contribution in [0.5, 0.6) is 0 Å². The number of rotatable bonds is 3. The average Bonchev–Trinajstić information content (AvgIpc) is 3.16. The molecule has 0 bridgehead atoms. The van der Waals surface area contributed by atoms with Gasteiger partial charge in [0.15, 0.2) is 11.5 Å². The second kappa shape index (κ2) is 5.22. The Morgan fingerprint density at radius 2 is 2.25 bits per heavy atom. The van der Waals surface area contributed by atoms with Gasteiger partial charge in [-0.05, 0) is 23.6 Å². The Labute approximate surface area is 118 Å². The summed E-state index contributed by atoms with van der Waals surface area (Å²) >= 11 is 1.56. The third-order valence-electron chi connectivity index (χ3n) is 2.65. The highest BCUT2D eigenvalue weighted by molar-refractivity contribution is 7.13. The maximum absolute atomic E-state index is 11.6. The standard InChI is InChI=1S/C13H10N4O2S/c1-19-13(18)9-8-10(11-4-3-7-20-11)17(16-9)12-5-2-6-14-15-12/h2-8H,1H3. The van der Waals surface area contributed by atoms with Crippen LogP contribution in [0.1, 0.15) is 10.5 Å². The fourth-order valence-corrected chi connectivity index (χ4v) is 2.49. The lowest BCUT2D eigenvalue weighted by Crippen LogP contribution is -2.06. The number of methoxy groups -OCH3 is 1. The van der Waals surface area contributed by atoms with Gasteiger partial charge < -0.3 is 4.74 Å². The van der Waals surface area contributed by atoms with Crippen molar-refractivity contribution in [1.82, 2.24) is 20.0 Å². The molecule has 0 saturated heterocycles. The predicted octanol–water partition coefficient (Wildman–Crippen LogP) is 2.18. The van der Waals surface area contributed by atoms with Gasteiger partial charge in [0.05, 0.1) is 17.7 Å². The van der Waals surface area contributed by atoms with Crippen LogP contribution in [0.3, 0.4) is 0 Å². The molecule has 3 aromatic rings. The summed E-state index contributed by atoms with van der Waals surface area (Å²) in [6.45, 7) is 0. The minimum Gasteiger partial charge on any atom is -0.464 e. The number of thiophene rings is 1. The Hall–Kier alpha value is -2.54. The molecule has 0 aromatic carbocycles. The topological polar surface area (TPSA) is 69.9 Å². The number of carbonyl (C=O) groups is 1. The van der Waals surface area contributed by atoms with E-state index in [4.69, 9.17) is 4.74 Å². The van der Waals surface area contributed by atoms with Gasteiger partial charge >= 0.3 is 5.97 Å². The van der Waals surface area contributed by atoms with Crippen LogP contribution < -0.4 is 0 Å². The first-order chi connectivity index (χ1) is 9.79. The van der Waals surface area contributed by atoms with Gasteiger partial charge in [-0.3, -0.25) is 0 Å². The van der Waals surface area contributed by atoms with Crippen molar-refractivity contribution in [2.75, 3.05) is 7.11 Å². The highest BCUT2D eigenvalue weighted by Crippen LogP contribution is 2.27. The lowest BCUT2D eigenvalue weighted by Gasteiger charge is -2.03. The smallest absolute Gasteiger partial charge is 0.358 e. The SMILES string of the molecule is COC(=O)c1cc(-c2cccs2)n(-c2cccnn2)n1. The third-order valence-corrected chi connectivity index (χ3v) is 3.55. The van der Waals surface area contributed by atoms with E-state index in [1.165, 1.54) is 7.11 Å². The van der Waals surface area contributed by atoms with Crippen LogP contribution in [-0.2, 0) is 4.74 Å². The fourth-order valence-electron chi connectivity index (χ4n) is 1.77. The van der Waals surface area contributed by atoms with Crippen LogP contribution in [0, 0.1) is 0 Å². The van der Waals surface area contributed by atoms with Crippen LogP contribution in [0.2, 0.25) is 0 Å². The van der Waals surface area contributed by atoms with Gasteiger partial charge in [-0.2, -0.15) is 10.2 Å². The average molecular weight is 286 g/mol. The Balaban J connectivity index is 2.17. The number of carbonyl (C=O) groups excluding carboxylic acids is 1. The van der Waals surface area contributed by atoms with Crippen molar-refractivity contribution >= 4 is 17.3 Å². The monoisotopic (exact) mass is 286 g/mol. The molecule has 0 aliphatic rings. The van der Waals surface area contributed by atoms with E-state index in [1.54, 1.807) is 40.4 Å². The molecule has 0 aliphatic carbocycles. The van der Waals surface area contributed by atoms with E-state index >= 15 is 0 Å². The lowest BCUT2D eigenvalue weighted by molar-refractivity contribution is 0.0593. The van der Waals surface area contributed by atoms with Crippen LogP contribution in [-0.4, -0.2) is 33.1 Å². The molecule has 3 heterocycles. The van der Waals surface area contributed by atoms with Crippen molar-refractivity contribution in [1.29, 1.82) is 0 Å². The second-order valence-electron chi connectivity index (χ2n) is 3.88. The first kappa shape index (κ1) is 12.5. The van der Waals surface area contributed by atoms with Crippen molar-refractivity contribution in [2.24, 2.45) is 0 Å². The summed E-state index contributed by atoms with van der Waals surface area (Å²) in [6.07, 6.45) is 1.58. The number of hydrogen-bond donors (Lipinski definition) is 0. The van der Waals surface area contributed by atoms with Crippen LogP contribution in [0.4, 0.5) is 0 Å². The fraction of sp³-hybridized carbons (Fsp3) is 0.0769. The summed E-state index contributed by atoms with van der Waals surface area (Å²) in [4.78, 5) is 12.6. The van der Waals surface area contributed by atoms with E-state index in [1.807, 2.05) is 17.5 Å². The minimum absolute atomic E-state index is 0.238. The van der Waals surface area contributed by atoms with Crippen molar-refractivity contribution < 1.29 is 9.53 Å². The summed E-state index contributed by atoms with van der Waals surface area (Å²) in [5, 5.41) is 14.1. The summed E-state index contributed by atoms with van der Waals surface area (Å²) < 4.78 is 6.30. The van der Waals surface area contributed by atoms with Crippen LogP contribution >= 0.6 is 11.3 Å². The van der Waals surface area contributed by atoms with Crippen LogP contribution in [0.25, 0.3) is 16.4 Å². The Bertz CT molecular complexity index is 722. The van der Waals surface area contributed by atoms with E-state index in [2.05, 4.69) is 15.3 Å². The number of esters is 1. The highest BCUT2D eigenvalue weighted by Gasteiger charge is 2.18. The number of hydrogen-bond acceptors (Lipinski definition) is 6. The van der Waals surface area contributed by atoms with Crippen molar-refractivity contribution in [3.05, 3.63) is 47.6 Å². The lowest BCUT2D eigenvalue weighted by atomic mass is 10.3. The van der Waals surface area contributed by atoms with E-state index < -0.39 is 5.97 Å². The molecule has 0 fully saturated rings. The summed E-state index contributed by atoms with van der Waals surface area (Å²) in [7, 11) is 1.33. The summed E-state index contributed by atoms with van der Waals surface area (Å²) in [5.74, 6) is 0.0662. The third kappa shape index (κ3) is 2.19.